The van der Waals surface area contributed by atoms with Gasteiger partial charge in [-0.25, -0.2) is 14.8 Å². The van der Waals surface area contributed by atoms with Crippen molar-refractivity contribution >= 4 is 33.7 Å². The van der Waals surface area contributed by atoms with Crippen molar-refractivity contribution in [3.05, 3.63) is 46.7 Å². The maximum absolute atomic E-state index is 11.4. The Labute approximate surface area is 180 Å². The van der Waals surface area contributed by atoms with Crippen molar-refractivity contribution in [1.29, 1.82) is 0 Å². The van der Waals surface area contributed by atoms with Gasteiger partial charge in [0.25, 0.3) is 0 Å². The molecule has 0 unspecified atom stereocenters. The topological polar surface area (TPSA) is 76.6 Å². The van der Waals surface area contributed by atoms with Crippen molar-refractivity contribution in [3.63, 3.8) is 0 Å². The average molecular weight is 463 g/mol. The number of rotatable bonds is 2. The Bertz CT molecular complexity index is 857. The van der Waals surface area contributed by atoms with Gasteiger partial charge in [-0.2, -0.15) is 0 Å². The number of halogens is 1. The summed E-state index contributed by atoms with van der Waals surface area (Å²) in [5.41, 5.74) is 0.777. The Balaban J connectivity index is 0.000000166. The fraction of sp³-hybridized carbons (Fsp3) is 0.476. The predicted molar refractivity (Wildman–Crippen MR) is 116 cm³/mol. The molecule has 4 rings (SSSR count). The van der Waals surface area contributed by atoms with Gasteiger partial charge in [0.2, 0.25) is 0 Å². The molecule has 0 bridgehead atoms. The van der Waals surface area contributed by atoms with E-state index in [-0.39, 0.29) is 5.60 Å². The van der Waals surface area contributed by atoms with Crippen LogP contribution in [0.1, 0.15) is 32.9 Å². The third kappa shape index (κ3) is 6.14. The minimum atomic E-state index is -0.506. The smallest absolute Gasteiger partial charge is 0.413 e. The summed E-state index contributed by atoms with van der Waals surface area (Å²) in [5, 5.41) is 2.54. The number of amides is 1. The third-order valence-electron chi connectivity index (χ3n) is 4.47. The molecule has 0 saturated carbocycles. The average Bonchev–Trinajstić information content (AvgIpc) is 2.51. The number of anilines is 2. The molecular formula is C21H27BrN4O3. The molecule has 4 heterocycles. The van der Waals surface area contributed by atoms with Crippen molar-refractivity contribution in [3.8, 4) is 0 Å². The van der Waals surface area contributed by atoms with E-state index in [0.29, 0.717) is 10.4 Å². The maximum Gasteiger partial charge on any atom is 0.413 e. The van der Waals surface area contributed by atoms with E-state index in [2.05, 4.69) is 48.2 Å². The zero-order valence-corrected chi connectivity index (χ0v) is 18.8. The van der Waals surface area contributed by atoms with Crippen LogP contribution < -0.4 is 10.2 Å². The highest BCUT2D eigenvalue weighted by molar-refractivity contribution is 9.10. The standard InChI is InChI=1S/C11H14N2O.C10H13BrN2O2/c1-9-3-2-4-10(12-9)13-7-11(8-13)5-6-14-11;1-10(2,3)15-9(14)13-8-6-4-5-7(11)12-8/h2-4H,5-8H2,1H3;4-6H,1-3H3,(H,12,13,14). The van der Waals surface area contributed by atoms with Crippen LogP contribution in [-0.4, -0.2) is 47.0 Å². The summed E-state index contributed by atoms with van der Waals surface area (Å²) in [4.78, 5) is 22.2. The molecule has 8 heteroatoms. The number of nitrogens with one attached hydrogen (secondary N) is 1. The highest BCUT2D eigenvalue weighted by atomic mass is 79.9. The van der Waals surface area contributed by atoms with Crippen LogP contribution >= 0.6 is 15.9 Å². The van der Waals surface area contributed by atoms with Crippen molar-refractivity contribution in [2.75, 3.05) is 29.9 Å². The number of aromatic nitrogens is 2. The van der Waals surface area contributed by atoms with Gasteiger partial charge in [0.05, 0.1) is 19.7 Å². The molecule has 1 N–H and O–H groups in total. The first kappa shape index (κ1) is 21.5. The molecule has 156 valence electrons. The third-order valence-corrected chi connectivity index (χ3v) is 4.91. The van der Waals surface area contributed by atoms with Crippen molar-refractivity contribution < 1.29 is 14.3 Å². The minimum absolute atomic E-state index is 0.200. The molecule has 2 aliphatic heterocycles. The lowest BCUT2D eigenvalue weighted by molar-refractivity contribution is -0.161. The first-order valence-corrected chi connectivity index (χ1v) is 10.4. The Morgan fingerprint density at radius 1 is 1.21 bits per heavy atom. The number of ether oxygens (including phenoxy) is 2. The Morgan fingerprint density at radius 2 is 1.90 bits per heavy atom. The molecule has 2 fully saturated rings. The zero-order valence-electron chi connectivity index (χ0n) is 17.2. The quantitative estimate of drug-likeness (QED) is 0.659. The minimum Gasteiger partial charge on any atom is -0.444 e. The zero-order chi connectivity index (χ0) is 21.1. The van der Waals surface area contributed by atoms with E-state index < -0.39 is 11.7 Å². The van der Waals surface area contributed by atoms with Crippen LogP contribution in [0.15, 0.2) is 41.0 Å². The van der Waals surface area contributed by atoms with Crippen LogP contribution in [0.2, 0.25) is 0 Å². The van der Waals surface area contributed by atoms with Crippen molar-refractivity contribution in [2.24, 2.45) is 0 Å². The molecular weight excluding hydrogens is 436 g/mol. The molecule has 0 atom stereocenters. The molecule has 29 heavy (non-hydrogen) atoms. The first-order valence-electron chi connectivity index (χ1n) is 9.59. The van der Waals surface area contributed by atoms with Gasteiger partial charge in [-0.15, -0.1) is 0 Å². The van der Waals surface area contributed by atoms with Gasteiger partial charge in [-0.1, -0.05) is 12.1 Å². The SMILES string of the molecule is CC(C)(C)OC(=O)Nc1cccc(Br)n1.Cc1cccc(N2CC3(CCO3)C2)n1. The van der Waals surface area contributed by atoms with E-state index in [1.807, 2.05) is 13.0 Å². The molecule has 0 aromatic carbocycles. The molecule has 0 aliphatic carbocycles. The number of carbonyl (C=O) groups excluding carboxylic acids is 1. The lowest BCUT2D eigenvalue weighted by Crippen LogP contribution is -2.68. The van der Waals surface area contributed by atoms with E-state index >= 15 is 0 Å². The summed E-state index contributed by atoms with van der Waals surface area (Å²) in [6.45, 7) is 10.4. The van der Waals surface area contributed by atoms with E-state index in [1.54, 1.807) is 39.0 Å². The molecule has 1 amide bonds. The molecule has 2 aromatic heterocycles. The number of carbonyl (C=O) groups is 1. The fourth-order valence-corrected chi connectivity index (χ4v) is 3.39. The van der Waals surface area contributed by atoms with Crippen LogP contribution in [0.5, 0.6) is 0 Å². The summed E-state index contributed by atoms with van der Waals surface area (Å²) in [7, 11) is 0. The Kier molecular flexibility index (Phi) is 6.43. The monoisotopic (exact) mass is 462 g/mol. The highest BCUT2D eigenvalue weighted by Gasteiger charge is 2.49. The van der Waals surface area contributed by atoms with Gasteiger partial charge in [0.1, 0.15) is 27.4 Å². The largest absolute Gasteiger partial charge is 0.444 e. The van der Waals surface area contributed by atoms with Gasteiger partial charge in [0.15, 0.2) is 0 Å². The van der Waals surface area contributed by atoms with Crippen LogP contribution in [0.3, 0.4) is 0 Å². The highest BCUT2D eigenvalue weighted by Crippen LogP contribution is 2.37. The fourth-order valence-electron chi connectivity index (χ4n) is 3.04. The molecule has 2 saturated heterocycles. The summed E-state index contributed by atoms with van der Waals surface area (Å²) in [5.74, 6) is 1.55. The van der Waals surface area contributed by atoms with E-state index in [1.165, 1.54) is 6.42 Å². The number of hydrogen-bond donors (Lipinski definition) is 1. The molecule has 1 spiro atoms. The predicted octanol–water partition coefficient (Wildman–Crippen LogP) is 4.56. The van der Waals surface area contributed by atoms with Crippen molar-refractivity contribution in [1.82, 2.24) is 9.97 Å². The summed E-state index contributed by atoms with van der Waals surface area (Å²) >= 11 is 3.21. The number of hydrogen-bond acceptors (Lipinski definition) is 6. The molecule has 2 aliphatic rings. The Morgan fingerprint density at radius 3 is 2.45 bits per heavy atom. The van der Waals surface area contributed by atoms with Gasteiger partial charge >= 0.3 is 6.09 Å². The summed E-state index contributed by atoms with van der Waals surface area (Å²) in [6.07, 6.45) is 0.711. The Hall–Kier alpha value is -2.19. The second-order valence-corrected chi connectivity index (χ2v) is 9.06. The normalized spacial score (nSPS) is 16.8. The second kappa shape index (κ2) is 8.67. The van der Waals surface area contributed by atoms with Crippen molar-refractivity contribution in [2.45, 2.75) is 45.3 Å². The van der Waals surface area contributed by atoms with Crippen LogP contribution in [0.25, 0.3) is 0 Å². The lowest BCUT2D eigenvalue weighted by atomic mass is 9.86. The van der Waals surface area contributed by atoms with E-state index in [9.17, 15) is 4.79 Å². The van der Waals surface area contributed by atoms with Crippen LogP contribution in [0.4, 0.5) is 16.4 Å². The van der Waals surface area contributed by atoms with E-state index in [4.69, 9.17) is 9.47 Å². The van der Waals surface area contributed by atoms with Crippen LogP contribution in [-0.2, 0) is 9.47 Å². The number of pyridine rings is 2. The maximum atomic E-state index is 11.4. The number of aryl methyl sites for hydroxylation is 1. The second-order valence-electron chi connectivity index (χ2n) is 8.25. The number of nitrogens with zero attached hydrogens (tertiary/aromatic N) is 3. The van der Waals surface area contributed by atoms with Crippen LogP contribution in [0, 0.1) is 6.92 Å². The van der Waals surface area contributed by atoms with Gasteiger partial charge < -0.3 is 14.4 Å². The summed E-state index contributed by atoms with van der Waals surface area (Å²) in [6, 6.07) is 11.4. The van der Waals surface area contributed by atoms with Gasteiger partial charge in [0, 0.05) is 12.1 Å². The lowest BCUT2D eigenvalue weighted by Gasteiger charge is -2.55. The molecule has 2 aromatic rings. The summed E-state index contributed by atoms with van der Waals surface area (Å²) < 4.78 is 11.3. The van der Waals surface area contributed by atoms with E-state index in [0.717, 1.165) is 31.2 Å². The molecule has 7 nitrogen and oxygen atoms in total. The van der Waals surface area contributed by atoms with Gasteiger partial charge in [-0.3, -0.25) is 5.32 Å². The molecule has 0 radical (unpaired) electrons. The first-order chi connectivity index (χ1) is 13.6. The van der Waals surface area contributed by atoms with Gasteiger partial charge in [-0.05, 0) is 67.9 Å².